The number of imidazole rings is 1. The molecule has 6 nitrogen and oxygen atoms in total. The molecule has 0 radical (unpaired) electrons. The number of carbonyl (C=O) groups excluding carboxylic acids is 1. The molecule has 1 aliphatic rings. The van der Waals surface area contributed by atoms with Crippen molar-refractivity contribution in [3.63, 3.8) is 0 Å². The van der Waals surface area contributed by atoms with Gasteiger partial charge in [-0.1, -0.05) is 13.8 Å². The van der Waals surface area contributed by atoms with Crippen molar-refractivity contribution in [1.29, 1.82) is 0 Å². The standard InChI is InChI=1S/C17H20N2O4/c1-17(2)8-11-15(12(20)9-17)19(21)16(18-11)10-5-6-13(22-3)14(7-10)23-4/h5-7,21H,8-9H2,1-4H3. The van der Waals surface area contributed by atoms with E-state index in [0.717, 1.165) is 4.73 Å². The van der Waals surface area contributed by atoms with E-state index in [1.54, 1.807) is 32.4 Å². The minimum atomic E-state index is -0.146. The molecule has 0 bridgehead atoms. The van der Waals surface area contributed by atoms with Crippen molar-refractivity contribution in [3.8, 4) is 22.9 Å². The fraction of sp³-hybridized carbons (Fsp3) is 0.412. The molecule has 0 aliphatic heterocycles. The van der Waals surface area contributed by atoms with E-state index in [1.807, 2.05) is 13.8 Å². The molecule has 1 N–H and O–H groups in total. The maximum Gasteiger partial charge on any atom is 0.185 e. The molecular weight excluding hydrogens is 296 g/mol. The third-order valence-corrected chi connectivity index (χ3v) is 4.12. The monoisotopic (exact) mass is 316 g/mol. The highest BCUT2D eigenvalue weighted by molar-refractivity contribution is 5.97. The first kappa shape index (κ1) is 15.4. The van der Waals surface area contributed by atoms with Gasteiger partial charge in [0.2, 0.25) is 0 Å². The zero-order valence-corrected chi connectivity index (χ0v) is 13.7. The summed E-state index contributed by atoms with van der Waals surface area (Å²) in [6.07, 6.45) is 1.06. The molecule has 1 aromatic carbocycles. The molecule has 0 atom stereocenters. The van der Waals surface area contributed by atoms with E-state index in [-0.39, 0.29) is 16.9 Å². The first-order valence-electron chi connectivity index (χ1n) is 7.43. The lowest BCUT2D eigenvalue weighted by Crippen LogP contribution is -2.28. The van der Waals surface area contributed by atoms with Gasteiger partial charge in [-0.25, -0.2) is 4.98 Å². The fourth-order valence-corrected chi connectivity index (χ4v) is 3.05. The van der Waals surface area contributed by atoms with Gasteiger partial charge in [0.05, 0.1) is 19.9 Å². The van der Waals surface area contributed by atoms with Crippen LogP contribution in [0.5, 0.6) is 11.5 Å². The van der Waals surface area contributed by atoms with Crippen molar-refractivity contribution in [2.75, 3.05) is 14.2 Å². The topological polar surface area (TPSA) is 73.6 Å². The number of hydrogen-bond acceptors (Lipinski definition) is 5. The van der Waals surface area contributed by atoms with E-state index in [1.165, 1.54) is 0 Å². The SMILES string of the molecule is COc1ccc(-c2nc3c(n2O)C(=O)CC(C)(C)C3)cc1OC. The van der Waals surface area contributed by atoms with Gasteiger partial charge in [0.1, 0.15) is 5.69 Å². The van der Waals surface area contributed by atoms with Crippen LogP contribution in [0.3, 0.4) is 0 Å². The van der Waals surface area contributed by atoms with E-state index in [9.17, 15) is 10.0 Å². The molecule has 23 heavy (non-hydrogen) atoms. The van der Waals surface area contributed by atoms with Gasteiger partial charge in [-0.05, 0) is 30.0 Å². The number of hydrogen-bond donors (Lipinski definition) is 1. The van der Waals surface area contributed by atoms with Crippen molar-refractivity contribution in [3.05, 3.63) is 29.6 Å². The highest BCUT2D eigenvalue weighted by Crippen LogP contribution is 2.37. The maximum absolute atomic E-state index is 12.3. The number of Topliss-reactive ketones (excluding diaryl/α,β-unsaturated/α-hetero) is 1. The number of methoxy groups -OCH3 is 2. The predicted octanol–water partition coefficient (Wildman–Crippen LogP) is 2.96. The number of nitrogens with zero attached hydrogens (tertiary/aromatic N) is 2. The van der Waals surface area contributed by atoms with Crippen LogP contribution in [0.25, 0.3) is 11.4 Å². The van der Waals surface area contributed by atoms with Crippen LogP contribution in [0.2, 0.25) is 0 Å². The van der Waals surface area contributed by atoms with Crippen molar-refractivity contribution < 1.29 is 19.5 Å². The highest BCUT2D eigenvalue weighted by Gasteiger charge is 2.36. The number of carbonyl (C=O) groups is 1. The van der Waals surface area contributed by atoms with Crippen LogP contribution < -0.4 is 9.47 Å². The molecule has 1 heterocycles. The molecule has 6 heteroatoms. The van der Waals surface area contributed by atoms with Gasteiger partial charge in [-0.2, -0.15) is 4.73 Å². The van der Waals surface area contributed by atoms with E-state index in [2.05, 4.69) is 4.98 Å². The molecule has 0 amide bonds. The average molecular weight is 316 g/mol. The van der Waals surface area contributed by atoms with Gasteiger partial charge in [-0.3, -0.25) is 4.79 Å². The Kier molecular flexibility index (Phi) is 3.55. The summed E-state index contributed by atoms with van der Waals surface area (Å²) >= 11 is 0. The third-order valence-electron chi connectivity index (χ3n) is 4.12. The fourth-order valence-electron chi connectivity index (χ4n) is 3.05. The minimum Gasteiger partial charge on any atom is -0.493 e. The van der Waals surface area contributed by atoms with Crippen LogP contribution in [0.4, 0.5) is 0 Å². The summed E-state index contributed by atoms with van der Waals surface area (Å²) in [5.74, 6) is 1.38. The summed E-state index contributed by atoms with van der Waals surface area (Å²) in [5.41, 5.74) is 1.44. The van der Waals surface area contributed by atoms with E-state index < -0.39 is 0 Å². The van der Waals surface area contributed by atoms with Gasteiger partial charge in [-0.15, -0.1) is 0 Å². The summed E-state index contributed by atoms with van der Waals surface area (Å²) in [5, 5.41) is 10.4. The second-order valence-electron chi connectivity index (χ2n) is 6.55. The lowest BCUT2D eigenvalue weighted by atomic mass is 9.77. The normalized spacial score (nSPS) is 16.1. The van der Waals surface area contributed by atoms with Gasteiger partial charge in [0, 0.05) is 12.0 Å². The van der Waals surface area contributed by atoms with Crippen molar-refractivity contribution >= 4 is 5.78 Å². The Balaban J connectivity index is 2.11. The van der Waals surface area contributed by atoms with Crippen LogP contribution in [0, 0.1) is 5.41 Å². The summed E-state index contributed by atoms with van der Waals surface area (Å²) < 4.78 is 11.4. The first-order valence-corrected chi connectivity index (χ1v) is 7.43. The summed E-state index contributed by atoms with van der Waals surface area (Å²) in [7, 11) is 3.11. The van der Waals surface area contributed by atoms with Gasteiger partial charge >= 0.3 is 0 Å². The van der Waals surface area contributed by atoms with Gasteiger partial charge < -0.3 is 14.7 Å². The van der Waals surface area contributed by atoms with Crippen molar-refractivity contribution in [1.82, 2.24) is 9.71 Å². The lowest BCUT2D eigenvalue weighted by molar-refractivity contribution is 0.0858. The largest absolute Gasteiger partial charge is 0.493 e. The Morgan fingerprint density at radius 1 is 1.17 bits per heavy atom. The number of ketones is 1. The van der Waals surface area contributed by atoms with Crippen molar-refractivity contribution in [2.24, 2.45) is 5.41 Å². The first-order chi connectivity index (χ1) is 10.9. The second kappa shape index (κ2) is 5.30. The summed E-state index contributed by atoms with van der Waals surface area (Å²) in [4.78, 5) is 16.8. The van der Waals surface area contributed by atoms with E-state index in [4.69, 9.17) is 9.47 Å². The molecule has 0 saturated heterocycles. The van der Waals surface area contributed by atoms with E-state index >= 15 is 0 Å². The molecule has 3 rings (SSSR count). The molecule has 0 spiro atoms. The Labute approximate surface area is 134 Å². The average Bonchev–Trinajstić information content (AvgIpc) is 2.81. The Morgan fingerprint density at radius 3 is 2.52 bits per heavy atom. The number of benzene rings is 1. The molecule has 0 unspecified atom stereocenters. The number of ether oxygens (including phenoxy) is 2. The van der Waals surface area contributed by atoms with Crippen LogP contribution >= 0.6 is 0 Å². The third kappa shape index (κ3) is 2.54. The highest BCUT2D eigenvalue weighted by atomic mass is 16.5. The van der Waals surface area contributed by atoms with Gasteiger partial charge in [0.15, 0.2) is 23.1 Å². The predicted molar refractivity (Wildman–Crippen MR) is 84.4 cm³/mol. The van der Waals surface area contributed by atoms with Crippen LogP contribution in [-0.4, -0.2) is 34.9 Å². The lowest BCUT2D eigenvalue weighted by Gasteiger charge is -2.27. The van der Waals surface area contributed by atoms with Crippen LogP contribution in [-0.2, 0) is 6.42 Å². The molecule has 1 aromatic heterocycles. The Bertz CT molecular complexity index is 777. The number of rotatable bonds is 3. The van der Waals surface area contributed by atoms with Crippen LogP contribution in [0.1, 0.15) is 36.5 Å². The van der Waals surface area contributed by atoms with Crippen molar-refractivity contribution in [2.45, 2.75) is 26.7 Å². The smallest absolute Gasteiger partial charge is 0.185 e. The molecule has 0 fully saturated rings. The maximum atomic E-state index is 12.3. The summed E-state index contributed by atoms with van der Waals surface area (Å²) in [6.45, 7) is 4.06. The summed E-state index contributed by atoms with van der Waals surface area (Å²) in [6, 6.07) is 5.25. The number of aromatic nitrogens is 2. The van der Waals surface area contributed by atoms with E-state index in [0.29, 0.717) is 41.4 Å². The second-order valence-corrected chi connectivity index (χ2v) is 6.55. The molecule has 1 aliphatic carbocycles. The zero-order chi connectivity index (χ0) is 16.8. The zero-order valence-electron chi connectivity index (χ0n) is 13.7. The molecule has 2 aromatic rings. The molecular formula is C17H20N2O4. The van der Waals surface area contributed by atoms with Gasteiger partial charge in [0.25, 0.3) is 0 Å². The molecule has 122 valence electrons. The number of fused-ring (bicyclic) bond motifs is 1. The Morgan fingerprint density at radius 2 is 1.87 bits per heavy atom. The minimum absolute atomic E-state index is 0.0852. The van der Waals surface area contributed by atoms with Crippen LogP contribution in [0.15, 0.2) is 18.2 Å². The Hall–Kier alpha value is -2.50. The quantitative estimate of drug-likeness (QED) is 0.881. The molecule has 0 saturated carbocycles.